The minimum atomic E-state index is -0.873. The van der Waals surface area contributed by atoms with Crippen LogP contribution in [0.4, 0.5) is 11.4 Å². The largest absolute Gasteiger partial charge is 0.495 e. The van der Waals surface area contributed by atoms with Crippen LogP contribution in [0, 0.1) is 10.1 Å². The molecule has 2 rings (SSSR count). The lowest BCUT2D eigenvalue weighted by atomic mass is 10.2. The summed E-state index contributed by atoms with van der Waals surface area (Å²) in [7, 11) is 1.34. The number of nitro groups is 1. The predicted octanol–water partition coefficient (Wildman–Crippen LogP) is 3.71. The molecule has 0 saturated carbocycles. The summed E-state index contributed by atoms with van der Waals surface area (Å²) in [5.41, 5.74) is -0.226. The normalized spacial score (nSPS) is 10.1. The Kier molecular flexibility index (Phi) is 6.37. The van der Waals surface area contributed by atoms with Crippen LogP contribution in [-0.4, -0.2) is 30.5 Å². The quantitative estimate of drug-likeness (QED) is 0.451. The maximum Gasteiger partial charge on any atom is 0.341 e. The zero-order valence-electron chi connectivity index (χ0n) is 13.3. The van der Waals surface area contributed by atoms with E-state index >= 15 is 0 Å². The number of ether oxygens (including phenoxy) is 2. The highest BCUT2D eigenvalue weighted by atomic mass is 35.5. The number of esters is 1. The van der Waals surface area contributed by atoms with Crippen LogP contribution in [0.25, 0.3) is 0 Å². The number of methoxy groups -OCH3 is 1. The van der Waals surface area contributed by atoms with Gasteiger partial charge in [0, 0.05) is 12.1 Å². The number of amides is 1. The number of benzene rings is 2. The molecule has 10 heteroatoms. The summed E-state index contributed by atoms with van der Waals surface area (Å²) in [4.78, 5) is 34.2. The van der Waals surface area contributed by atoms with Gasteiger partial charge in [0.25, 0.3) is 11.6 Å². The Morgan fingerprint density at radius 3 is 2.42 bits per heavy atom. The molecule has 0 spiro atoms. The van der Waals surface area contributed by atoms with E-state index in [0.717, 1.165) is 6.07 Å². The van der Waals surface area contributed by atoms with Gasteiger partial charge in [0.2, 0.25) is 0 Å². The van der Waals surface area contributed by atoms with Gasteiger partial charge in [0.05, 0.1) is 33.3 Å². The number of carbonyl (C=O) groups is 2. The van der Waals surface area contributed by atoms with Crippen molar-refractivity contribution >= 4 is 46.5 Å². The Morgan fingerprint density at radius 1 is 1.19 bits per heavy atom. The second-order valence-corrected chi connectivity index (χ2v) is 5.68. The monoisotopic (exact) mass is 398 g/mol. The molecular formula is C16H12Cl2N2O6. The minimum Gasteiger partial charge on any atom is -0.495 e. The zero-order valence-corrected chi connectivity index (χ0v) is 14.8. The number of hydrogen-bond donors (Lipinski definition) is 1. The van der Waals surface area contributed by atoms with Crippen molar-refractivity contribution in [3.63, 3.8) is 0 Å². The molecule has 0 fully saturated rings. The molecule has 0 heterocycles. The highest BCUT2D eigenvalue weighted by Gasteiger charge is 2.18. The molecule has 26 heavy (non-hydrogen) atoms. The smallest absolute Gasteiger partial charge is 0.341 e. The van der Waals surface area contributed by atoms with E-state index in [1.807, 2.05) is 0 Å². The second kappa shape index (κ2) is 8.50. The number of halogens is 2. The maximum atomic E-state index is 12.0. The van der Waals surface area contributed by atoms with Crippen molar-refractivity contribution in [3.05, 3.63) is 62.1 Å². The molecule has 136 valence electrons. The second-order valence-electron chi connectivity index (χ2n) is 4.86. The van der Waals surface area contributed by atoms with Crippen LogP contribution >= 0.6 is 23.2 Å². The van der Waals surface area contributed by atoms with Crippen molar-refractivity contribution in [1.29, 1.82) is 0 Å². The predicted molar refractivity (Wildman–Crippen MR) is 95.0 cm³/mol. The Labute approximate surface area is 157 Å². The van der Waals surface area contributed by atoms with E-state index in [2.05, 4.69) is 5.32 Å². The molecule has 0 aliphatic heterocycles. The van der Waals surface area contributed by atoms with E-state index < -0.39 is 23.4 Å². The Bertz CT molecular complexity index is 852. The molecule has 2 aromatic carbocycles. The molecule has 0 radical (unpaired) electrons. The number of rotatable bonds is 6. The first-order valence-corrected chi connectivity index (χ1v) is 7.82. The van der Waals surface area contributed by atoms with Crippen molar-refractivity contribution in [3.8, 4) is 5.75 Å². The van der Waals surface area contributed by atoms with E-state index in [-0.39, 0.29) is 32.7 Å². The number of anilines is 1. The number of nitrogens with one attached hydrogen (secondary N) is 1. The van der Waals surface area contributed by atoms with Gasteiger partial charge in [-0.3, -0.25) is 14.9 Å². The molecule has 0 saturated heterocycles. The number of nitro benzene ring substituents is 1. The van der Waals surface area contributed by atoms with Crippen molar-refractivity contribution in [1.82, 2.24) is 0 Å². The molecule has 0 bridgehead atoms. The van der Waals surface area contributed by atoms with Crippen LogP contribution in [0.15, 0.2) is 36.4 Å². The van der Waals surface area contributed by atoms with Gasteiger partial charge < -0.3 is 14.8 Å². The Balaban J connectivity index is 2.06. The highest BCUT2D eigenvalue weighted by Crippen LogP contribution is 2.29. The first-order chi connectivity index (χ1) is 12.3. The molecule has 2 aromatic rings. The standard InChI is InChI=1S/C16H12Cl2N2O6/c1-25-13-6-5-9(20(23)24)7-12(13)19-14(21)8-26-16(22)15-10(17)3-2-4-11(15)18/h2-7H,8H2,1H3,(H,19,21). The number of hydrogen-bond acceptors (Lipinski definition) is 6. The van der Waals surface area contributed by atoms with Gasteiger partial charge in [-0.25, -0.2) is 4.79 Å². The molecule has 0 atom stereocenters. The Hall–Kier alpha value is -2.84. The molecule has 1 amide bonds. The molecule has 0 unspecified atom stereocenters. The van der Waals surface area contributed by atoms with Crippen LogP contribution in [0.1, 0.15) is 10.4 Å². The van der Waals surface area contributed by atoms with Crippen molar-refractivity contribution in [2.45, 2.75) is 0 Å². The van der Waals surface area contributed by atoms with E-state index in [0.29, 0.717) is 0 Å². The fraction of sp³-hybridized carbons (Fsp3) is 0.125. The number of nitrogens with zero attached hydrogens (tertiary/aromatic N) is 1. The van der Waals surface area contributed by atoms with Crippen LogP contribution in [0.3, 0.4) is 0 Å². The van der Waals surface area contributed by atoms with E-state index in [9.17, 15) is 19.7 Å². The zero-order chi connectivity index (χ0) is 19.3. The summed E-state index contributed by atoms with van der Waals surface area (Å²) in [5, 5.41) is 13.4. The number of carbonyl (C=O) groups excluding carboxylic acids is 2. The van der Waals surface area contributed by atoms with E-state index in [1.165, 1.54) is 31.4 Å². The first kappa shape index (κ1) is 19.5. The van der Waals surface area contributed by atoms with Gasteiger partial charge >= 0.3 is 5.97 Å². The third-order valence-corrected chi connectivity index (χ3v) is 3.80. The lowest BCUT2D eigenvalue weighted by molar-refractivity contribution is -0.384. The topological polar surface area (TPSA) is 108 Å². The van der Waals surface area contributed by atoms with Crippen molar-refractivity contribution in [2.24, 2.45) is 0 Å². The minimum absolute atomic E-state index is 0.0587. The van der Waals surface area contributed by atoms with Gasteiger partial charge in [-0.15, -0.1) is 0 Å². The summed E-state index contributed by atoms with van der Waals surface area (Å²) in [6.07, 6.45) is 0. The SMILES string of the molecule is COc1ccc([N+](=O)[O-])cc1NC(=O)COC(=O)c1c(Cl)cccc1Cl. The Morgan fingerprint density at radius 2 is 1.85 bits per heavy atom. The molecular weight excluding hydrogens is 387 g/mol. The van der Waals surface area contributed by atoms with Crippen LogP contribution < -0.4 is 10.1 Å². The number of non-ortho nitro benzene ring substituents is 1. The van der Waals surface area contributed by atoms with Gasteiger partial charge in [-0.1, -0.05) is 29.3 Å². The summed E-state index contributed by atoms with van der Waals surface area (Å²) in [6, 6.07) is 8.17. The van der Waals surface area contributed by atoms with Gasteiger partial charge in [-0.05, 0) is 18.2 Å². The van der Waals surface area contributed by atoms with Gasteiger partial charge in [-0.2, -0.15) is 0 Å². The van der Waals surface area contributed by atoms with Crippen LogP contribution in [0.5, 0.6) is 5.75 Å². The average molecular weight is 399 g/mol. The van der Waals surface area contributed by atoms with Gasteiger partial charge in [0.1, 0.15) is 5.75 Å². The average Bonchev–Trinajstić information content (AvgIpc) is 2.59. The lowest BCUT2D eigenvalue weighted by Crippen LogP contribution is -2.21. The van der Waals surface area contributed by atoms with Crippen molar-refractivity contribution < 1.29 is 24.0 Å². The highest BCUT2D eigenvalue weighted by molar-refractivity contribution is 6.39. The third kappa shape index (κ3) is 4.62. The summed E-state index contributed by atoms with van der Waals surface area (Å²) < 4.78 is 9.91. The van der Waals surface area contributed by atoms with E-state index in [1.54, 1.807) is 6.07 Å². The molecule has 1 N–H and O–H groups in total. The first-order valence-electron chi connectivity index (χ1n) is 7.07. The van der Waals surface area contributed by atoms with E-state index in [4.69, 9.17) is 32.7 Å². The fourth-order valence-corrected chi connectivity index (χ4v) is 2.54. The molecule has 0 aliphatic carbocycles. The van der Waals surface area contributed by atoms with Crippen LogP contribution in [-0.2, 0) is 9.53 Å². The van der Waals surface area contributed by atoms with Gasteiger partial charge in [0.15, 0.2) is 6.61 Å². The fourth-order valence-electron chi connectivity index (χ4n) is 1.99. The van der Waals surface area contributed by atoms with Crippen molar-refractivity contribution in [2.75, 3.05) is 19.0 Å². The summed E-state index contributed by atoms with van der Waals surface area (Å²) in [6.45, 7) is -0.647. The molecule has 0 aromatic heterocycles. The summed E-state index contributed by atoms with van der Waals surface area (Å²) >= 11 is 11.8. The molecule has 0 aliphatic rings. The maximum absolute atomic E-state index is 12.0. The van der Waals surface area contributed by atoms with Crippen LogP contribution in [0.2, 0.25) is 10.0 Å². The lowest BCUT2D eigenvalue weighted by Gasteiger charge is -2.11. The third-order valence-electron chi connectivity index (χ3n) is 3.17. The molecule has 8 nitrogen and oxygen atoms in total. The summed E-state index contributed by atoms with van der Waals surface area (Å²) in [5.74, 6) is -1.38.